The lowest BCUT2D eigenvalue weighted by molar-refractivity contribution is 0.412. The third-order valence-corrected chi connectivity index (χ3v) is 2.79. The van der Waals surface area contributed by atoms with Gasteiger partial charge >= 0.3 is 0 Å². The van der Waals surface area contributed by atoms with Crippen molar-refractivity contribution in [3.8, 4) is 5.75 Å². The van der Waals surface area contributed by atoms with Gasteiger partial charge in [0.1, 0.15) is 6.33 Å². The van der Waals surface area contributed by atoms with Crippen LogP contribution in [0.2, 0.25) is 5.15 Å². The second kappa shape index (κ2) is 5.64. The van der Waals surface area contributed by atoms with Crippen LogP contribution in [0.3, 0.4) is 0 Å². The Kier molecular flexibility index (Phi) is 3.94. The van der Waals surface area contributed by atoms with Crippen LogP contribution in [0.5, 0.6) is 5.75 Å². The van der Waals surface area contributed by atoms with Crippen molar-refractivity contribution in [1.29, 1.82) is 0 Å². The lowest BCUT2D eigenvalue weighted by Crippen LogP contribution is -2.09. The third kappa shape index (κ3) is 2.68. The van der Waals surface area contributed by atoms with E-state index in [4.69, 9.17) is 16.3 Å². The van der Waals surface area contributed by atoms with Crippen LogP contribution in [0.1, 0.15) is 18.5 Å². The maximum absolute atomic E-state index is 5.93. The summed E-state index contributed by atoms with van der Waals surface area (Å²) >= 11 is 5.93. The van der Waals surface area contributed by atoms with Gasteiger partial charge in [-0.15, -0.1) is 0 Å². The van der Waals surface area contributed by atoms with Crippen molar-refractivity contribution in [2.45, 2.75) is 13.0 Å². The molecule has 0 bridgehead atoms. The fraction of sp³-hybridized carbons (Fsp3) is 0.250. The topological polar surface area (TPSA) is 59.9 Å². The maximum Gasteiger partial charge on any atom is 0.198 e. The summed E-state index contributed by atoms with van der Waals surface area (Å²) in [7, 11) is 1.53. The lowest BCUT2D eigenvalue weighted by Gasteiger charge is -2.16. The smallest absolute Gasteiger partial charge is 0.198 e. The van der Waals surface area contributed by atoms with E-state index in [0.29, 0.717) is 11.6 Å². The first kappa shape index (κ1) is 12.6. The van der Waals surface area contributed by atoms with Crippen LogP contribution < -0.4 is 10.1 Å². The van der Waals surface area contributed by atoms with Gasteiger partial charge in [0.15, 0.2) is 16.7 Å². The first-order valence-electron chi connectivity index (χ1n) is 5.43. The maximum atomic E-state index is 5.93. The number of methoxy groups -OCH3 is 1. The van der Waals surface area contributed by atoms with E-state index in [1.807, 2.05) is 19.1 Å². The van der Waals surface area contributed by atoms with Crippen LogP contribution in [0.25, 0.3) is 0 Å². The zero-order valence-electron chi connectivity index (χ0n) is 10.1. The fourth-order valence-electron chi connectivity index (χ4n) is 1.58. The predicted molar refractivity (Wildman–Crippen MR) is 69.9 cm³/mol. The number of nitrogens with one attached hydrogen (secondary N) is 1. The molecular formula is C12H13ClN4O. The van der Waals surface area contributed by atoms with Crippen LogP contribution in [-0.4, -0.2) is 22.1 Å². The molecule has 0 aromatic carbocycles. The highest BCUT2D eigenvalue weighted by Crippen LogP contribution is 2.30. The van der Waals surface area contributed by atoms with Gasteiger partial charge in [-0.05, 0) is 24.6 Å². The second-order valence-corrected chi connectivity index (χ2v) is 4.05. The Morgan fingerprint density at radius 2 is 2.00 bits per heavy atom. The molecule has 2 rings (SSSR count). The molecule has 2 aromatic heterocycles. The summed E-state index contributed by atoms with van der Waals surface area (Å²) < 4.78 is 5.18. The molecule has 0 aliphatic carbocycles. The van der Waals surface area contributed by atoms with Crippen LogP contribution in [0.4, 0.5) is 5.82 Å². The minimum atomic E-state index is 0.0628. The quantitative estimate of drug-likeness (QED) is 0.861. The van der Waals surface area contributed by atoms with Gasteiger partial charge in [-0.3, -0.25) is 4.98 Å². The molecule has 94 valence electrons. The van der Waals surface area contributed by atoms with E-state index in [-0.39, 0.29) is 11.2 Å². The van der Waals surface area contributed by atoms with E-state index in [9.17, 15) is 0 Å². The predicted octanol–water partition coefficient (Wildman–Crippen LogP) is 2.71. The van der Waals surface area contributed by atoms with Gasteiger partial charge in [0.25, 0.3) is 0 Å². The largest absolute Gasteiger partial charge is 0.490 e. The van der Waals surface area contributed by atoms with Crippen molar-refractivity contribution in [3.05, 3.63) is 41.6 Å². The highest BCUT2D eigenvalue weighted by molar-refractivity contribution is 6.31. The molecule has 2 aromatic rings. The minimum Gasteiger partial charge on any atom is -0.490 e. The molecular weight excluding hydrogens is 252 g/mol. The molecule has 2 heterocycles. The van der Waals surface area contributed by atoms with Crippen molar-refractivity contribution in [2.75, 3.05) is 12.4 Å². The summed E-state index contributed by atoms with van der Waals surface area (Å²) in [6.07, 6.45) is 4.89. The summed E-state index contributed by atoms with van der Waals surface area (Å²) in [5.41, 5.74) is 1.10. The van der Waals surface area contributed by atoms with Crippen molar-refractivity contribution in [2.24, 2.45) is 0 Å². The van der Waals surface area contributed by atoms with E-state index in [1.165, 1.54) is 13.4 Å². The molecule has 0 aliphatic heterocycles. The zero-order chi connectivity index (χ0) is 13.0. The monoisotopic (exact) mass is 264 g/mol. The van der Waals surface area contributed by atoms with Gasteiger partial charge in [-0.2, -0.15) is 0 Å². The summed E-state index contributed by atoms with van der Waals surface area (Å²) in [5.74, 6) is 1.02. The molecule has 18 heavy (non-hydrogen) atoms. The normalized spacial score (nSPS) is 11.9. The SMILES string of the molecule is COc1c(Cl)ncnc1NC(C)c1ccncc1. The average Bonchev–Trinajstić information content (AvgIpc) is 2.40. The standard InChI is InChI=1S/C12H13ClN4O/c1-8(9-3-5-14-6-4-9)17-12-10(18-2)11(13)15-7-16-12/h3-8H,1-2H3,(H,15,16,17). The Labute approximate surface area is 110 Å². The van der Waals surface area contributed by atoms with Crippen LogP contribution >= 0.6 is 11.6 Å². The first-order chi connectivity index (χ1) is 8.72. The fourth-order valence-corrected chi connectivity index (χ4v) is 1.79. The van der Waals surface area contributed by atoms with Gasteiger partial charge in [-0.1, -0.05) is 11.6 Å². The molecule has 0 radical (unpaired) electrons. The number of rotatable bonds is 4. The van der Waals surface area contributed by atoms with Crippen molar-refractivity contribution in [3.63, 3.8) is 0 Å². The first-order valence-corrected chi connectivity index (χ1v) is 5.81. The van der Waals surface area contributed by atoms with Crippen LogP contribution in [0.15, 0.2) is 30.9 Å². The molecule has 1 unspecified atom stereocenters. The molecule has 0 aliphatic rings. The number of hydrogen-bond donors (Lipinski definition) is 1. The summed E-state index contributed by atoms with van der Waals surface area (Å²) in [6, 6.07) is 3.94. The minimum absolute atomic E-state index is 0.0628. The highest BCUT2D eigenvalue weighted by atomic mass is 35.5. The average molecular weight is 265 g/mol. The van der Waals surface area contributed by atoms with E-state index >= 15 is 0 Å². The molecule has 6 heteroatoms. The summed E-state index contributed by atoms with van der Waals surface area (Å²) in [5, 5.41) is 3.52. The number of hydrogen-bond acceptors (Lipinski definition) is 5. The van der Waals surface area contributed by atoms with Crippen molar-refractivity contribution >= 4 is 17.4 Å². The number of ether oxygens (including phenoxy) is 1. The van der Waals surface area contributed by atoms with E-state index in [1.54, 1.807) is 12.4 Å². The zero-order valence-corrected chi connectivity index (χ0v) is 10.8. The molecule has 0 saturated heterocycles. The van der Waals surface area contributed by atoms with Gasteiger partial charge in [0.2, 0.25) is 0 Å². The Hall–Kier alpha value is -1.88. The van der Waals surface area contributed by atoms with Gasteiger partial charge in [-0.25, -0.2) is 9.97 Å². The van der Waals surface area contributed by atoms with Crippen LogP contribution in [-0.2, 0) is 0 Å². The lowest BCUT2D eigenvalue weighted by atomic mass is 10.1. The molecule has 0 fully saturated rings. The molecule has 0 saturated carbocycles. The molecule has 1 N–H and O–H groups in total. The highest BCUT2D eigenvalue weighted by Gasteiger charge is 2.13. The van der Waals surface area contributed by atoms with Gasteiger partial charge in [0.05, 0.1) is 13.2 Å². The Bertz CT molecular complexity index is 521. The van der Waals surface area contributed by atoms with E-state index in [0.717, 1.165) is 5.56 Å². The van der Waals surface area contributed by atoms with Crippen LogP contribution in [0, 0.1) is 0 Å². The van der Waals surface area contributed by atoms with Gasteiger partial charge in [0, 0.05) is 12.4 Å². The number of halogens is 1. The third-order valence-electron chi connectivity index (χ3n) is 2.52. The van der Waals surface area contributed by atoms with E-state index in [2.05, 4.69) is 20.3 Å². The number of pyridine rings is 1. The summed E-state index contributed by atoms with van der Waals surface area (Å²) in [6.45, 7) is 2.02. The number of anilines is 1. The second-order valence-electron chi connectivity index (χ2n) is 3.69. The Morgan fingerprint density at radius 3 is 2.67 bits per heavy atom. The number of aromatic nitrogens is 3. The molecule has 0 spiro atoms. The van der Waals surface area contributed by atoms with Crippen molar-refractivity contribution < 1.29 is 4.74 Å². The van der Waals surface area contributed by atoms with Gasteiger partial charge < -0.3 is 10.1 Å². The molecule has 1 atom stereocenters. The Balaban J connectivity index is 2.22. The van der Waals surface area contributed by atoms with Crippen molar-refractivity contribution in [1.82, 2.24) is 15.0 Å². The van der Waals surface area contributed by atoms with E-state index < -0.39 is 0 Å². The molecule has 0 amide bonds. The number of nitrogens with zero attached hydrogens (tertiary/aromatic N) is 3. The summed E-state index contributed by atoms with van der Waals surface area (Å²) in [4.78, 5) is 12.0. The molecule has 5 nitrogen and oxygen atoms in total. The Morgan fingerprint density at radius 1 is 1.28 bits per heavy atom.